The van der Waals surface area contributed by atoms with Gasteiger partial charge in [-0.25, -0.2) is 0 Å². The van der Waals surface area contributed by atoms with E-state index in [2.05, 4.69) is 27.7 Å². The zero-order valence-corrected chi connectivity index (χ0v) is 18.0. The predicted molar refractivity (Wildman–Crippen MR) is 111 cm³/mol. The van der Waals surface area contributed by atoms with Crippen LogP contribution >= 0.6 is 0 Å². The highest BCUT2D eigenvalue weighted by molar-refractivity contribution is 4.71. The van der Waals surface area contributed by atoms with Crippen molar-refractivity contribution in [2.45, 2.75) is 136 Å². The van der Waals surface area contributed by atoms with Gasteiger partial charge in [-0.3, -0.25) is 0 Å². The van der Waals surface area contributed by atoms with Crippen molar-refractivity contribution in [1.82, 2.24) is 0 Å². The molecule has 0 spiro atoms. The van der Waals surface area contributed by atoms with Crippen molar-refractivity contribution < 1.29 is 9.47 Å². The topological polar surface area (TPSA) is 18.5 Å². The molecule has 0 unspecified atom stereocenters. The van der Waals surface area contributed by atoms with Gasteiger partial charge in [0, 0.05) is 26.1 Å². The molecule has 0 aromatic carbocycles. The highest BCUT2D eigenvalue weighted by Crippen LogP contribution is 2.29. The number of hydrogen-bond acceptors (Lipinski definition) is 2. The molecule has 152 valence electrons. The molecule has 0 aromatic heterocycles. The summed E-state index contributed by atoms with van der Waals surface area (Å²) in [5.74, 6) is -0.304. The average Bonchev–Trinajstić information content (AvgIpc) is 2.63. The fourth-order valence-electron chi connectivity index (χ4n) is 3.38. The van der Waals surface area contributed by atoms with Gasteiger partial charge in [-0.15, -0.1) is 0 Å². The van der Waals surface area contributed by atoms with Crippen LogP contribution in [-0.2, 0) is 9.47 Å². The van der Waals surface area contributed by atoms with Crippen LogP contribution in [0.1, 0.15) is 130 Å². The van der Waals surface area contributed by atoms with Crippen molar-refractivity contribution in [3.8, 4) is 0 Å². The summed E-state index contributed by atoms with van der Waals surface area (Å²) >= 11 is 0. The molecule has 0 saturated carbocycles. The van der Waals surface area contributed by atoms with Crippen LogP contribution in [0.5, 0.6) is 0 Å². The summed E-state index contributed by atoms with van der Waals surface area (Å²) in [6.45, 7) is 10.6. The first-order chi connectivity index (χ1) is 12.2. The molecule has 0 bridgehead atoms. The molecule has 0 amide bonds. The molecule has 2 nitrogen and oxygen atoms in total. The zero-order valence-electron chi connectivity index (χ0n) is 18.0. The molecule has 0 fully saturated rings. The second-order valence-electron chi connectivity index (χ2n) is 7.64. The van der Waals surface area contributed by atoms with E-state index in [0.717, 1.165) is 38.9 Å². The molecule has 0 aliphatic rings. The molecule has 25 heavy (non-hydrogen) atoms. The van der Waals surface area contributed by atoms with Crippen LogP contribution in [0, 0.1) is 0 Å². The van der Waals surface area contributed by atoms with Gasteiger partial charge in [0.1, 0.15) is 0 Å². The first kappa shape index (κ1) is 24.9. The summed E-state index contributed by atoms with van der Waals surface area (Å²) < 4.78 is 12.6. The molecule has 0 rings (SSSR count). The van der Waals surface area contributed by atoms with Gasteiger partial charge >= 0.3 is 0 Å². The molecule has 0 radical (unpaired) electrons. The molecular weight excluding hydrogens is 308 g/mol. The van der Waals surface area contributed by atoms with E-state index in [9.17, 15) is 0 Å². The number of unbranched alkanes of at least 4 members (excludes halogenated alkanes) is 10. The van der Waals surface area contributed by atoms with Gasteiger partial charge in [0.2, 0.25) is 0 Å². The summed E-state index contributed by atoms with van der Waals surface area (Å²) in [6.07, 6.45) is 20.3. The average molecular weight is 357 g/mol. The SMILES string of the molecule is CCCCCCCCC(CCCCCCCC)(OCCC)OCCC. The summed E-state index contributed by atoms with van der Waals surface area (Å²) in [4.78, 5) is 0. The Labute approximate surface area is 159 Å². The second kappa shape index (κ2) is 18.7. The van der Waals surface area contributed by atoms with Crippen LogP contribution in [0.25, 0.3) is 0 Å². The molecule has 0 aliphatic heterocycles. The minimum absolute atomic E-state index is 0.304. The fraction of sp³-hybridized carbons (Fsp3) is 1.00. The van der Waals surface area contributed by atoms with Gasteiger partial charge in [0.05, 0.1) is 0 Å². The van der Waals surface area contributed by atoms with E-state index in [4.69, 9.17) is 9.47 Å². The first-order valence-corrected chi connectivity index (χ1v) is 11.5. The smallest absolute Gasteiger partial charge is 0.168 e. The first-order valence-electron chi connectivity index (χ1n) is 11.5. The van der Waals surface area contributed by atoms with E-state index >= 15 is 0 Å². The monoisotopic (exact) mass is 356 g/mol. The molecule has 0 saturated heterocycles. The Morgan fingerprint density at radius 3 is 1.16 bits per heavy atom. The number of rotatable bonds is 20. The highest BCUT2D eigenvalue weighted by Gasteiger charge is 2.30. The van der Waals surface area contributed by atoms with Crippen molar-refractivity contribution in [2.24, 2.45) is 0 Å². The summed E-state index contributed by atoms with van der Waals surface area (Å²) in [5, 5.41) is 0. The lowest BCUT2D eigenvalue weighted by Crippen LogP contribution is -2.37. The van der Waals surface area contributed by atoms with E-state index < -0.39 is 0 Å². The van der Waals surface area contributed by atoms with Gasteiger partial charge in [0.15, 0.2) is 5.79 Å². The minimum atomic E-state index is -0.304. The minimum Gasteiger partial charge on any atom is -0.350 e. The van der Waals surface area contributed by atoms with Crippen LogP contribution in [0.4, 0.5) is 0 Å². The van der Waals surface area contributed by atoms with Crippen molar-refractivity contribution in [3.63, 3.8) is 0 Å². The van der Waals surface area contributed by atoms with Crippen LogP contribution in [0.3, 0.4) is 0 Å². The summed E-state index contributed by atoms with van der Waals surface area (Å²) in [6, 6.07) is 0. The van der Waals surface area contributed by atoms with E-state index in [0.29, 0.717) is 0 Å². The van der Waals surface area contributed by atoms with Crippen molar-refractivity contribution in [3.05, 3.63) is 0 Å². The van der Waals surface area contributed by atoms with Gasteiger partial charge in [-0.1, -0.05) is 91.9 Å². The van der Waals surface area contributed by atoms with Crippen molar-refractivity contribution in [1.29, 1.82) is 0 Å². The molecule has 0 N–H and O–H groups in total. The Balaban J connectivity index is 4.35. The summed E-state index contributed by atoms with van der Waals surface area (Å²) in [7, 11) is 0. The molecule has 0 heterocycles. The Morgan fingerprint density at radius 1 is 0.440 bits per heavy atom. The largest absolute Gasteiger partial charge is 0.350 e. The predicted octanol–water partition coefficient (Wildman–Crippen LogP) is 8.04. The number of ether oxygens (including phenoxy) is 2. The fourth-order valence-corrected chi connectivity index (χ4v) is 3.38. The van der Waals surface area contributed by atoms with E-state index in [1.165, 1.54) is 77.0 Å². The maximum atomic E-state index is 6.31. The Bertz CT molecular complexity index is 226. The maximum Gasteiger partial charge on any atom is 0.168 e. The van der Waals surface area contributed by atoms with Gasteiger partial charge in [-0.05, 0) is 25.7 Å². The zero-order chi connectivity index (χ0) is 18.6. The number of hydrogen-bond donors (Lipinski definition) is 0. The quantitative estimate of drug-likeness (QED) is 0.162. The molecule has 0 atom stereocenters. The standard InChI is InChI=1S/C23H48O2/c1-5-9-11-13-15-17-19-23(24-21-7-3,25-22-8-4)20-18-16-14-12-10-6-2/h5-22H2,1-4H3. The van der Waals surface area contributed by atoms with E-state index in [-0.39, 0.29) is 5.79 Å². The third kappa shape index (κ3) is 14.7. The third-order valence-corrected chi connectivity index (χ3v) is 4.96. The maximum absolute atomic E-state index is 6.31. The van der Waals surface area contributed by atoms with Gasteiger partial charge in [-0.2, -0.15) is 0 Å². The second-order valence-corrected chi connectivity index (χ2v) is 7.64. The van der Waals surface area contributed by atoms with Crippen LogP contribution in [0.15, 0.2) is 0 Å². The van der Waals surface area contributed by atoms with Crippen LogP contribution < -0.4 is 0 Å². The van der Waals surface area contributed by atoms with E-state index in [1.807, 2.05) is 0 Å². The lowest BCUT2D eigenvalue weighted by Gasteiger charge is -2.34. The van der Waals surface area contributed by atoms with Crippen LogP contribution in [-0.4, -0.2) is 19.0 Å². The molecule has 2 heteroatoms. The van der Waals surface area contributed by atoms with Crippen molar-refractivity contribution in [2.75, 3.05) is 13.2 Å². The van der Waals surface area contributed by atoms with Gasteiger partial charge in [0.25, 0.3) is 0 Å². The summed E-state index contributed by atoms with van der Waals surface area (Å²) in [5.41, 5.74) is 0. The normalized spacial score (nSPS) is 12.0. The Morgan fingerprint density at radius 2 is 0.800 bits per heavy atom. The molecule has 0 aromatic rings. The van der Waals surface area contributed by atoms with Crippen molar-refractivity contribution >= 4 is 0 Å². The Hall–Kier alpha value is -0.0800. The lowest BCUT2D eigenvalue weighted by molar-refractivity contribution is -0.246. The third-order valence-electron chi connectivity index (χ3n) is 4.96. The van der Waals surface area contributed by atoms with Gasteiger partial charge < -0.3 is 9.47 Å². The van der Waals surface area contributed by atoms with Crippen LogP contribution in [0.2, 0.25) is 0 Å². The Kier molecular flexibility index (Phi) is 18.6. The van der Waals surface area contributed by atoms with E-state index in [1.54, 1.807) is 0 Å². The highest BCUT2D eigenvalue weighted by atomic mass is 16.7. The molecular formula is C23H48O2. The lowest BCUT2D eigenvalue weighted by atomic mass is 9.98. The molecule has 0 aliphatic carbocycles.